The smallest absolute Gasteiger partial charge is 0.123 e. The zero-order chi connectivity index (χ0) is 21.6. The summed E-state index contributed by atoms with van der Waals surface area (Å²) in [7, 11) is -1.23. The fourth-order valence-corrected chi connectivity index (χ4v) is 4.21. The van der Waals surface area contributed by atoms with Gasteiger partial charge in [-0.3, -0.25) is 9.19 Å². The summed E-state index contributed by atoms with van der Waals surface area (Å²) in [6.45, 7) is 0.192. The summed E-state index contributed by atoms with van der Waals surface area (Å²) in [6.07, 6.45) is 3.47. The van der Waals surface area contributed by atoms with E-state index in [9.17, 15) is 8.60 Å². The van der Waals surface area contributed by atoms with Crippen LogP contribution in [0, 0.1) is 5.82 Å². The second-order valence-corrected chi connectivity index (χ2v) is 8.31. The van der Waals surface area contributed by atoms with E-state index in [1.165, 1.54) is 12.1 Å². The van der Waals surface area contributed by atoms with E-state index < -0.39 is 10.8 Å². The predicted octanol–water partition coefficient (Wildman–Crippen LogP) is 5.97. The Bertz CT molecular complexity index is 1250. The standard InChI is InChI=1S/C23H18FN5OS/c24-19-5-1-18(2-6-19)23-21(16-9-11-26-12-10-16)15-22(28-23)17-3-7-20(8-4-17)31(30)14-13-27-29-25/h1-12,15,28H,13-14H2. The highest BCUT2D eigenvalue weighted by Crippen LogP contribution is 2.36. The Morgan fingerprint density at radius 1 is 0.968 bits per heavy atom. The summed E-state index contributed by atoms with van der Waals surface area (Å²) in [5, 5.41) is 3.43. The van der Waals surface area contributed by atoms with Crippen molar-refractivity contribution < 1.29 is 8.60 Å². The highest BCUT2D eigenvalue weighted by atomic mass is 32.2. The summed E-state index contributed by atoms with van der Waals surface area (Å²) in [4.78, 5) is 10.9. The number of hydrogen-bond donors (Lipinski definition) is 1. The van der Waals surface area contributed by atoms with E-state index in [1.807, 2.05) is 42.5 Å². The van der Waals surface area contributed by atoms with Crippen molar-refractivity contribution in [1.82, 2.24) is 9.97 Å². The number of rotatable bonds is 7. The van der Waals surface area contributed by atoms with Crippen molar-refractivity contribution in [3.63, 3.8) is 0 Å². The molecule has 4 aromatic rings. The number of hydrogen-bond acceptors (Lipinski definition) is 3. The van der Waals surface area contributed by atoms with Crippen LogP contribution >= 0.6 is 0 Å². The fourth-order valence-electron chi connectivity index (χ4n) is 3.29. The zero-order valence-corrected chi connectivity index (χ0v) is 17.2. The van der Waals surface area contributed by atoms with E-state index in [1.54, 1.807) is 24.5 Å². The minimum absolute atomic E-state index is 0.192. The molecular weight excluding hydrogens is 413 g/mol. The number of aromatic nitrogens is 2. The second kappa shape index (κ2) is 9.38. The van der Waals surface area contributed by atoms with E-state index in [2.05, 4.69) is 20.0 Å². The van der Waals surface area contributed by atoms with Gasteiger partial charge in [-0.15, -0.1) is 0 Å². The first-order valence-corrected chi connectivity index (χ1v) is 10.9. The molecule has 154 valence electrons. The molecule has 0 aliphatic heterocycles. The molecule has 1 N–H and O–H groups in total. The maximum absolute atomic E-state index is 13.4. The largest absolute Gasteiger partial charge is 0.354 e. The van der Waals surface area contributed by atoms with Gasteiger partial charge in [-0.2, -0.15) is 0 Å². The monoisotopic (exact) mass is 431 g/mol. The molecule has 31 heavy (non-hydrogen) atoms. The Kier molecular flexibility index (Phi) is 6.21. The fraction of sp³-hybridized carbons (Fsp3) is 0.0870. The van der Waals surface area contributed by atoms with Gasteiger partial charge in [-0.25, -0.2) is 4.39 Å². The molecule has 6 nitrogen and oxygen atoms in total. The SMILES string of the molecule is [N-]=[N+]=NCCS(=O)c1ccc(-c2cc(-c3ccncc3)c(-c3ccc(F)cc3)[nH]2)cc1. The van der Waals surface area contributed by atoms with Crippen molar-refractivity contribution in [2.24, 2.45) is 5.11 Å². The number of aromatic amines is 1. The van der Waals surface area contributed by atoms with Crippen LogP contribution in [0.1, 0.15) is 0 Å². The molecule has 1 atom stereocenters. The lowest BCUT2D eigenvalue weighted by atomic mass is 10.0. The predicted molar refractivity (Wildman–Crippen MR) is 120 cm³/mol. The van der Waals surface area contributed by atoms with Crippen LogP contribution in [0.5, 0.6) is 0 Å². The van der Waals surface area contributed by atoms with Gasteiger partial charge in [0.05, 0.1) is 16.5 Å². The molecule has 0 saturated carbocycles. The lowest BCUT2D eigenvalue weighted by molar-refractivity contribution is 0.628. The van der Waals surface area contributed by atoms with E-state index in [-0.39, 0.29) is 18.1 Å². The van der Waals surface area contributed by atoms with Gasteiger partial charge in [0, 0.05) is 45.8 Å². The molecule has 2 aromatic carbocycles. The number of nitrogens with zero attached hydrogens (tertiary/aromatic N) is 4. The third-order valence-electron chi connectivity index (χ3n) is 4.81. The third-order valence-corrected chi connectivity index (χ3v) is 6.16. The van der Waals surface area contributed by atoms with Crippen LogP contribution in [0.25, 0.3) is 44.1 Å². The highest BCUT2D eigenvalue weighted by molar-refractivity contribution is 7.85. The summed E-state index contributed by atoms with van der Waals surface area (Å²) in [5.74, 6) is -0.00246. The van der Waals surface area contributed by atoms with Gasteiger partial charge in [0.25, 0.3) is 0 Å². The van der Waals surface area contributed by atoms with E-state index >= 15 is 0 Å². The molecular formula is C23H18FN5OS. The number of nitrogens with one attached hydrogen (secondary N) is 1. The third kappa shape index (κ3) is 4.71. The molecule has 0 bridgehead atoms. The maximum atomic E-state index is 13.4. The van der Waals surface area contributed by atoms with Crippen molar-refractivity contribution in [2.45, 2.75) is 4.90 Å². The van der Waals surface area contributed by atoms with Gasteiger partial charge in [0.2, 0.25) is 0 Å². The van der Waals surface area contributed by atoms with E-state index in [0.29, 0.717) is 4.90 Å². The molecule has 0 saturated heterocycles. The van der Waals surface area contributed by atoms with Crippen molar-refractivity contribution in [3.05, 3.63) is 95.4 Å². The Balaban J connectivity index is 1.70. The average Bonchev–Trinajstić information content (AvgIpc) is 3.26. The van der Waals surface area contributed by atoms with Crippen LogP contribution in [-0.4, -0.2) is 26.5 Å². The van der Waals surface area contributed by atoms with Gasteiger partial charge in [-0.1, -0.05) is 17.2 Å². The van der Waals surface area contributed by atoms with E-state index in [0.717, 1.165) is 33.6 Å². The Morgan fingerprint density at radius 2 is 1.65 bits per heavy atom. The van der Waals surface area contributed by atoms with Gasteiger partial charge >= 0.3 is 0 Å². The van der Waals surface area contributed by atoms with Crippen molar-refractivity contribution in [3.8, 4) is 33.6 Å². The normalized spacial score (nSPS) is 11.6. The summed E-state index contributed by atoms with van der Waals surface area (Å²) >= 11 is 0. The van der Waals surface area contributed by atoms with Gasteiger partial charge in [0.15, 0.2) is 0 Å². The molecule has 4 rings (SSSR count). The molecule has 2 heterocycles. The average molecular weight is 431 g/mol. The van der Waals surface area contributed by atoms with Gasteiger partial charge < -0.3 is 4.98 Å². The quantitative estimate of drug-likeness (QED) is 0.222. The Morgan fingerprint density at radius 3 is 2.32 bits per heavy atom. The second-order valence-electron chi connectivity index (χ2n) is 6.74. The van der Waals surface area contributed by atoms with Crippen LogP contribution in [0.4, 0.5) is 4.39 Å². The van der Waals surface area contributed by atoms with Crippen LogP contribution < -0.4 is 0 Å². The minimum atomic E-state index is -1.23. The first kappa shape index (κ1) is 20.5. The molecule has 0 fully saturated rings. The maximum Gasteiger partial charge on any atom is 0.123 e. The molecule has 8 heteroatoms. The van der Waals surface area contributed by atoms with Crippen molar-refractivity contribution in [1.29, 1.82) is 0 Å². The van der Waals surface area contributed by atoms with Crippen molar-refractivity contribution in [2.75, 3.05) is 12.3 Å². The Hall–Kier alpha value is -3.74. The molecule has 0 spiro atoms. The molecule has 0 aliphatic rings. The number of H-pyrrole nitrogens is 1. The molecule has 2 aromatic heterocycles. The highest BCUT2D eigenvalue weighted by Gasteiger charge is 2.14. The van der Waals surface area contributed by atoms with Gasteiger partial charge in [0.1, 0.15) is 5.82 Å². The molecule has 1 unspecified atom stereocenters. The van der Waals surface area contributed by atoms with Gasteiger partial charge in [-0.05, 0) is 76.8 Å². The summed E-state index contributed by atoms with van der Waals surface area (Å²) in [5.41, 5.74) is 13.9. The number of pyridine rings is 1. The summed E-state index contributed by atoms with van der Waals surface area (Å²) in [6, 6.07) is 19.7. The first-order chi connectivity index (χ1) is 15.2. The number of halogens is 1. The molecule has 0 aliphatic carbocycles. The topological polar surface area (TPSA) is 94.5 Å². The van der Waals surface area contributed by atoms with E-state index in [4.69, 9.17) is 5.53 Å². The van der Waals surface area contributed by atoms with Crippen molar-refractivity contribution >= 4 is 10.8 Å². The number of benzene rings is 2. The molecule has 0 amide bonds. The van der Waals surface area contributed by atoms with Crippen LogP contribution in [0.15, 0.2) is 89.1 Å². The van der Waals surface area contributed by atoms with Crippen LogP contribution in [0.3, 0.4) is 0 Å². The number of azide groups is 1. The minimum Gasteiger partial charge on any atom is -0.354 e. The van der Waals surface area contributed by atoms with Crippen LogP contribution in [0.2, 0.25) is 0 Å². The first-order valence-electron chi connectivity index (χ1n) is 9.55. The lowest BCUT2D eigenvalue weighted by Gasteiger charge is -2.04. The lowest BCUT2D eigenvalue weighted by Crippen LogP contribution is -2.00. The Labute approximate surface area is 180 Å². The molecule has 0 radical (unpaired) electrons. The summed E-state index contributed by atoms with van der Waals surface area (Å²) < 4.78 is 25.7. The van der Waals surface area contributed by atoms with Crippen LogP contribution in [-0.2, 0) is 10.8 Å². The zero-order valence-electron chi connectivity index (χ0n) is 16.4.